The van der Waals surface area contributed by atoms with Crippen LogP contribution in [-0.4, -0.2) is 0 Å². The van der Waals surface area contributed by atoms with E-state index in [1.165, 1.54) is 46.8 Å². The van der Waals surface area contributed by atoms with Crippen molar-refractivity contribution in [1.29, 1.82) is 0 Å². The van der Waals surface area contributed by atoms with Crippen LogP contribution in [0, 0.1) is 18.3 Å². The summed E-state index contributed by atoms with van der Waals surface area (Å²) in [6.07, 6.45) is 5.83. The van der Waals surface area contributed by atoms with E-state index in [0.29, 0.717) is 10.8 Å². The van der Waals surface area contributed by atoms with Crippen molar-refractivity contribution in [1.82, 2.24) is 0 Å². The van der Waals surface area contributed by atoms with Gasteiger partial charge in [-0.05, 0) is 84.2 Å². The molecule has 110 valence electrons. The fourth-order valence-electron chi connectivity index (χ4n) is 6.79. The molecule has 1 heteroatoms. The smallest absolute Gasteiger partial charge is 0.0178 e. The molecule has 0 bridgehead atoms. The molecule has 0 radical (unpaired) electrons. The van der Waals surface area contributed by atoms with Gasteiger partial charge in [-0.3, -0.25) is 0 Å². The maximum atomic E-state index is 3.72. The molecule has 3 saturated carbocycles. The largest absolute Gasteiger partial charge is 0.0587 e. The maximum absolute atomic E-state index is 3.72. The highest BCUT2D eigenvalue weighted by Crippen LogP contribution is 2.88. The molecule has 0 heterocycles. The van der Waals surface area contributed by atoms with Gasteiger partial charge >= 0.3 is 0 Å². The van der Waals surface area contributed by atoms with Gasteiger partial charge in [-0.15, -0.1) is 0 Å². The standard InChI is InChI=1S/C21H19Br/c1-12-2-4-15-14-5-3-13(22)11-16(14)19-17-6-7-20(17)8-9-21(19,20)18(15)10-12/h2-5,10-11,17,19H,6-9H2,1H3/t17-,19?,20?,21?/m1/s1. The summed E-state index contributed by atoms with van der Waals surface area (Å²) >= 11 is 3.72. The normalized spacial score (nSPS) is 39.0. The van der Waals surface area contributed by atoms with E-state index in [4.69, 9.17) is 0 Å². The summed E-state index contributed by atoms with van der Waals surface area (Å²) in [5, 5.41) is 0. The Morgan fingerprint density at radius 3 is 2.59 bits per heavy atom. The van der Waals surface area contributed by atoms with Gasteiger partial charge in [0, 0.05) is 9.89 Å². The SMILES string of the molecule is Cc1ccc2c(c1)C13CCC14CC[C@@H]4C3c1cc(Br)ccc1-2. The topological polar surface area (TPSA) is 0 Å². The third-order valence-corrected chi connectivity index (χ3v) is 8.19. The number of hydrogen-bond donors (Lipinski definition) is 0. The molecule has 0 aliphatic heterocycles. The lowest BCUT2D eigenvalue weighted by Gasteiger charge is -2.84. The monoisotopic (exact) mass is 350 g/mol. The Bertz CT molecular complexity index is 847. The Labute approximate surface area is 140 Å². The Balaban J connectivity index is 1.72. The average molecular weight is 351 g/mol. The Morgan fingerprint density at radius 1 is 1.00 bits per heavy atom. The molecular weight excluding hydrogens is 332 g/mol. The molecule has 4 aliphatic rings. The van der Waals surface area contributed by atoms with Gasteiger partial charge in [-0.2, -0.15) is 0 Å². The molecule has 3 fully saturated rings. The van der Waals surface area contributed by atoms with Gasteiger partial charge in [0.1, 0.15) is 0 Å². The summed E-state index contributed by atoms with van der Waals surface area (Å²) in [7, 11) is 0. The number of aryl methyl sites for hydroxylation is 1. The van der Waals surface area contributed by atoms with E-state index in [-0.39, 0.29) is 0 Å². The first-order valence-electron chi connectivity index (χ1n) is 8.58. The molecule has 2 aromatic rings. The van der Waals surface area contributed by atoms with Gasteiger partial charge in [0.05, 0.1) is 0 Å². The fourth-order valence-corrected chi connectivity index (χ4v) is 7.17. The zero-order valence-electron chi connectivity index (χ0n) is 12.8. The molecule has 0 saturated heterocycles. The van der Waals surface area contributed by atoms with Crippen LogP contribution in [0.4, 0.5) is 0 Å². The quantitative estimate of drug-likeness (QED) is 0.549. The highest BCUT2D eigenvalue weighted by Gasteiger charge is 2.81. The summed E-state index contributed by atoms with van der Waals surface area (Å²) in [5.41, 5.74) is 8.94. The molecule has 22 heavy (non-hydrogen) atoms. The van der Waals surface area contributed by atoms with Crippen molar-refractivity contribution in [3.8, 4) is 11.1 Å². The molecule has 0 N–H and O–H groups in total. The molecule has 4 aliphatic carbocycles. The van der Waals surface area contributed by atoms with Crippen LogP contribution in [0.5, 0.6) is 0 Å². The first-order valence-corrected chi connectivity index (χ1v) is 9.38. The number of rotatable bonds is 0. The third-order valence-electron chi connectivity index (χ3n) is 7.69. The van der Waals surface area contributed by atoms with Gasteiger partial charge in [0.2, 0.25) is 0 Å². The number of fused-ring (bicyclic) bond motifs is 5. The predicted molar refractivity (Wildman–Crippen MR) is 93.1 cm³/mol. The lowest BCUT2D eigenvalue weighted by Crippen LogP contribution is -2.78. The Hall–Kier alpha value is -1.08. The molecule has 0 nitrogen and oxygen atoms in total. The molecule has 3 unspecified atom stereocenters. The lowest BCUT2D eigenvalue weighted by atomic mass is 9.19. The van der Waals surface area contributed by atoms with Crippen molar-refractivity contribution >= 4 is 15.9 Å². The number of hydrogen-bond acceptors (Lipinski definition) is 0. The van der Waals surface area contributed by atoms with E-state index < -0.39 is 0 Å². The van der Waals surface area contributed by atoms with Gasteiger partial charge in [-0.25, -0.2) is 0 Å². The zero-order chi connectivity index (χ0) is 14.7. The minimum Gasteiger partial charge on any atom is -0.0587 e. The first kappa shape index (κ1) is 12.4. The van der Waals surface area contributed by atoms with Crippen molar-refractivity contribution < 1.29 is 0 Å². The van der Waals surface area contributed by atoms with E-state index in [2.05, 4.69) is 59.3 Å². The Morgan fingerprint density at radius 2 is 1.86 bits per heavy atom. The molecular formula is C21H19Br. The summed E-state index contributed by atoms with van der Waals surface area (Å²) in [4.78, 5) is 0. The van der Waals surface area contributed by atoms with Crippen LogP contribution in [0.25, 0.3) is 11.1 Å². The second-order valence-corrected chi connectivity index (χ2v) is 8.95. The van der Waals surface area contributed by atoms with Crippen LogP contribution in [0.2, 0.25) is 0 Å². The second-order valence-electron chi connectivity index (χ2n) is 8.03. The van der Waals surface area contributed by atoms with Gasteiger partial charge < -0.3 is 0 Å². The predicted octanol–water partition coefficient (Wildman–Crippen LogP) is 5.96. The maximum Gasteiger partial charge on any atom is 0.0178 e. The summed E-state index contributed by atoms with van der Waals surface area (Å²) in [5.74, 6) is 1.75. The van der Waals surface area contributed by atoms with Crippen molar-refractivity contribution in [3.63, 3.8) is 0 Å². The molecule has 2 spiro atoms. The highest BCUT2D eigenvalue weighted by molar-refractivity contribution is 9.10. The van der Waals surface area contributed by atoms with Crippen LogP contribution in [0.1, 0.15) is 48.3 Å². The van der Waals surface area contributed by atoms with Gasteiger partial charge in [0.25, 0.3) is 0 Å². The molecule has 0 amide bonds. The van der Waals surface area contributed by atoms with Crippen molar-refractivity contribution in [3.05, 3.63) is 57.6 Å². The van der Waals surface area contributed by atoms with Crippen LogP contribution in [0.15, 0.2) is 40.9 Å². The summed E-state index contributed by atoms with van der Waals surface area (Å²) < 4.78 is 1.24. The minimum absolute atomic E-state index is 0.491. The van der Waals surface area contributed by atoms with Crippen molar-refractivity contribution in [2.24, 2.45) is 11.3 Å². The number of benzene rings is 2. The molecule has 2 aromatic carbocycles. The molecule has 6 rings (SSSR count). The first-order chi connectivity index (χ1) is 10.7. The van der Waals surface area contributed by atoms with Crippen LogP contribution in [0.3, 0.4) is 0 Å². The third kappa shape index (κ3) is 1.03. The Kier molecular flexibility index (Phi) is 1.98. The number of halogens is 1. The van der Waals surface area contributed by atoms with E-state index in [1.54, 1.807) is 11.1 Å². The highest BCUT2D eigenvalue weighted by atomic mass is 79.9. The van der Waals surface area contributed by atoms with E-state index in [0.717, 1.165) is 11.8 Å². The van der Waals surface area contributed by atoms with E-state index in [9.17, 15) is 0 Å². The fraction of sp³-hybridized carbons (Fsp3) is 0.429. The lowest BCUT2D eigenvalue weighted by molar-refractivity contribution is -0.263. The average Bonchev–Trinajstić information content (AvgIpc) is 2.45. The molecule has 0 aromatic heterocycles. The minimum atomic E-state index is 0.491. The molecule has 4 atom stereocenters. The summed E-state index contributed by atoms with van der Waals surface area (Å²) in [6.45, 7) is 2.26. The van der Waals surface area contributed by atoms with Crippen molar-refractivity contribution in [2.45, 2.75) is 43.9 Å². The summed E-state index contributed by atoms with van der Waals surface area (Å²) in [6, 6.07) is 14.2. The van der Waals surface area contributed by atoms with E-state index in [1.807, 2.05) is 0 Å². The van der Waals surface area contributed by atoms with E-state index >= 15 is 0 Å². The van der Waals surface area contributed by atoms with Crippen LogP contribution < -0.4 is 0 Å². The second kappa shape index (κ2) is 3.53. The van der Waals surface area contributed by atoms with Gasteiger partial charge in [0.15, 0.2) is 0 Å². The zero-order valence-corrected chi connectivity index (χ0v) is 14.4. The van der Waals surface area contributed by atoms with Crippen LogP contribution in [-0.2, 0) is 5.41 Å². The van der Waals surface area contributed by atoms with Gasteiger partial charge in [-0.1, -0.05) is 45.8 Å². The van der Waals surface area contributed by atoms with Crippen LogP contribution >= 0.6 is 15.9 Å². The van der Waals surface area contributed by atoms with Crippen molar-refractivity contribution in [2.75, 3.05) is 0 Å².